The predicted molar refractivity (Wildman–Crippen MR) is 87.3 cm³/mol. The molecule has 0 radical (unpaired) electrons. The van der Waals surface area contributed by atoms with E-state index in [1.165, 1.54) is 38.1 Å². The molecule has 0 spiro atoms. The number of benzene rings is 2. The summed E-state index contributed by atoms with van der Waals surface area (Å²) in [5.41, 5.74) is -0.515. The minimum absolute atomic E-state index is 0. The van der Waals surface area contributed by atoms with E-state index in [2.05, 4.69) is 0 Å². The summed E-state index contributed by atoms with van der Waals surface area (Å²) in [5, 5.41) is 0.0378. The quantitative estimate of drug-likeness (QED) is 0.339. The van der Waals surface area contributed by atoms with Crippen LogP contribution in [0.1, 0.15) is 11.1 Å². The van der Waals surface area contributed by atoms with Crippen LogP contribution in [0.15, 0.2) is 34.1 Å². The van der Waals surface area contributed by atoms with Crippen molar-refractivity contribution in [3.8, 4) is 11.1 Å². The Balaban J connectivity index is 0.00000312. The maximum atomic E-state index is 11.6. The van der Waals surface area contributed by atoms with Gasteiger partial charge in [0.15, 0.2) is 0 Å². The summed E-state index contributed by atoms with van der Waals surface area (Å²) in [6, 6.07) is 4.98. The van der Waals surface area contributed by atoms with Crippen molar-refractivity contribution in [2.24, 2.45) is 0 Å². The number of hydrogen-bond donors (Lipinski definition) is 0. The monoisotopic (exact) mass is 486 g/mol. The van der Waals surface area contributed by atoms with Crippen LogP contribution in [-0.4, -0.2) is 25.9 Å². The zero-order valence-electron chi connectivity index (χ0n) is 14.3. The van der Waals surface area contributed by atoms with Gasteiger partial charge in [0.1, 0.15) is 20.2 Å². The molecule has 0 aliphatic heterocycles. The van der Waals surface area contributed by atoms with Gasteiger partial charge in [0.05, 0.1) is 9.79 Å². The van der Waals surface area contributed by atoms with Gasteiger partial charge in [-0.05, 0) is 37.1 Å². The Morgan fingerprint density at radius 2 is 0.962 bits per heavy atom. The van der Waals surface area contributed by atoms with E-state index in [0.717, 1.165) is 0 Å². The van der Waals surface area contributed by atoms with Crippen molar-refractivity contribution in [3.63, 3.8) is 0 Å². The van der Waals surface area contributed by atoms with Gasteiger partial charge < -0.3 is 9.11 Å². The molecule has 0 fully saturated rings. The molecule has 0 aliphatic rings. The van der Waals surface area contributed by atoms with E-state index in [9.17, 15) is 25.9 Å². The number of hydrogen-bond acceptors (Lipinski definition) is 6. The molecule has 0 atom stereocenters. The van der Waals surface area contributed by atoms with Gasteiger partial charge in [-0.15, -0.1) is 0 Å². The van der Waals surface area contributed by atoms with E-state index >= 15 is 0 Å². The molecule has 2 rings (SSSR count). The van der Waals surface area contributed by atoms with Crippen LogP contribution in [0.5, 0.6) is 0 Å². The van der Waals surface area contributed by atoms with Crippen LogP contribution in [-0.2, 0) is 20.2 Å². The maximum absolute atomic E-state index is 11.6. The second-order valence-corrected chi connectivity index (χ2v) is 8.45. The van der Waals surface area contributed by atoms with Gasteiger partial charge in [-0.3, -0.25) is 0 Å². The summed E-state index contributed by atoms with van der Waals surface area (Å²) in [6.07, 6.45) is 0. The van der Waals surface area contributed by atoms with Gasteiger partial charge in [0, 0.05) is 21.2 Å². The van der Waals surface area contributed by atoms with Crippen LogP contribution in [0, 0.1) is 13.8 Å². The van der Waals surface area contributed by atoms with Gasteiger partial charge in [-0.1, -0.05) is 35.3 Å². The Kier molecular flexibility index (Phi) is 11.3. The molecule has 130 valence electrons. The number of rotatable bonds is 3. The standard InChI is InChI=1S/C14H12Cl2O6S2.2K/c1-7-11(15)5-3-9(13(7)23(17,18)19)10-4-6-12(16)8(2)14(10)24(20,21)22;;/h3-6H,1-2H3,(H,17,18,19)(H,20,21,22);;/q;2*+1/p-2. The van der Waals surface area contributed by atoms with Crippen molar-refractivity contribution in [2.75, 3.05) is 0 Å². The summed E-state index contributed by atoms with van der Waals surface area (Å²) >= 11 is 11.7. The Bertz CT molecular complexity index is 968. The summed E-state index contributed by atoms with van der Waals surface area (Å²) in [6.45, 7) is 2.62. The Hall–Kier alpha value is 2.11. The molecule has 0 amide bonds. The first-order chi connectivity index (χ1) is 10.9. The van der Waals surface area contributed by atoms with Crippen LogP contribution in [0.25, 0.3) is 11.1 Å². The third kappa shape index (κ3) is 6.06. The first kappa shape index (κ1) is 28.1. The summed E-state index contributed by atoms with van der Waals surface area (Å²) < 4.78 is 69.9. The second kappa shape index (κ2) is 10.4. The Morgan fingerprint density at radius 3 is 1.19 bits per heavy atom. The molecule has 0 heterocycles. The predicted octanol–water partition coefficient (Wildman–Crippen LogP) is -2.91. The summed E-state index contributed by atoms with van der Waals surface area (Å²) in [5.74, 6) is 0. The van der Waals surface area contributed by atoms with Gasteiger partial charge in [0.25, 0.3) is 0 Å². The molecule has 6 nitrogen and oxygen atoms in total. The largest absolute Gasteiger partial charge is 1.00 e. The van der Waals surface area contributed by atoms with Crippen molar-refractivity contribution < 1.29 is 129 Å². The average Bonchev–Trinajstić information content (AvgIpc) is 2.41. The first-order valence-corrected chi connectivity index (χ1v) is 9.93. The molecule has 12 heteroatoms. The minimum Gasteiger partial charge on any atom is -0.744 e. The zero-order chi connectivity index (χ0) is 18.4. The molecule has 0 unspecified atom stereocenters. The van der Waals surface area contributed by atoms with E-state index in [4.69, 9.17) is 23.2 Å². The molecule has 26 heavy (non-hydrogen) atoms. The molecule has 0 aliphatic carbocycles. The van der Waals surface area contributed by atoms with Gasteiger partial charge in [-0.25, -0.2) is 16.8 Å². The molecular weight excluding hydrogens is 477 g/mol. The van der Waals surface area contributed by atoms with Crippen molar-refractivity contribution >= 4 is 43.4 Å². The van der Waals surface area contributed by atoms with Crippen LogP contribution >= 0.6 is 23.2 Å². The van der Waals surface area contributed by atoms with Crippen LogP contribution in [0.2, 0.25) is 10.0 Å². The van der Waals surface area contributed by atoms with Crippen LogP contribution in [0.3, 0.4) is 0 Å². The molecular formula is C14H10Cl2K2O6S2. The molecule has 0 N–H and O–H groups in total. The second-order valence-electron chi connectivity index (χ2n) is 5.01. The van der Waals surface area contributed by atoms with Gasteiger partial charge in [-0.2, -0.15) is 0 Å². The summed E-state index contributed by atoms with van der Waals surface area (Å²) in [4.78, 5) is -1.36. The third-order valence-corrected chi connectivity index (χ3v) is 6.34. The molecule has 0 bridgehead atoms. The topological polar surface area (TPSA) is 114 Å². The maximum Gasteiger partial charge on any atom is 1.00 e. The molecule has 0 saturated heterocycles. The van der Waals surface area contributed by atoms with E-state index < -0.39 is 30.0 Å². The minimum atomic E-state index is -4.98. The van der Waals surface area contributed by atoms with Crippen molar-refractivity contribution in [1.29, 1.82) is 0 Å². The van der Waals surface area contributed by atoms with E-state index in [-0.39, 0.29) is 135 Å². The van der Waals surface area contributed by atoms with Gasteiger partial charge >= 0.3 is 103 Å². The number of halogens is 2. The van der Waals surface area contributed by atoms with Crippen LogP contribution in [0.4, 0.5) is 0 Å². The molecule has 2 aromatic carbocycles. The Labute approximate surface area is 247 Å². The first-order valence-electron chi connectivity index (χ1n) is 6.36. The van der Waals surface area contributed by atoms with Crippen molar-refractivity contribution in [1.82, 2.24) is 0 Å². The van der Waals surface area contributed by atoms with E-state index in [1.807, 2.05) is 0 Å². The SMILES string of the molecule is Cc1c(Cl)ccc(-c2ccc(Cl)c(C)c2S(=O)(=O)[O-])c1S(=O)(=O)[O-].[K+].[K+]. The van der Waals surface area contributed by atoms with E-state index in [1.54, 1.807) is 0 Å². The van der Waals surface area contributed by atoms with E-state index in [0.29, 0.717) is 0 Å². The smallest absolute Gasteiger partial charge is 0.744 e. The van der Waals surface area contributed by atoms with Crippen LogP contribution < -0.4 is 103 Å². The third-order valence-electron chi connectivity index (χ3n) is 3.47. The Morgan fingerprint density at radius 1 is 0.692 bits per heavy atom. The fourth-order valence-electron chi connectivity index (χ4n) is 2.40. The average molecular weight is 487 g/mol. The molecule has 0 aromatic heterocycles. The summed E-state index contributed by atoms with van der Waals surface area (Å²) in [7, 11) is -9.97. The van der Waals surface area contributed by atoms with Gasteiger partial charge in [0.2, 0.25) is 0 Å². The molecule has 2 aromatic rings. The zero-order valence-corrected chi connectivity index (χ0v) is 23.7. The fraction of sp³-hybridized carbons (Fsp3) is 0.143. The normalized spacial score (nSPS) is 11.5. The fourth-order valence-corrected chi connectivity index (χ4v) is 4.70. The van der Waals surface area contributed by atoms with Crippen molar-refractivity contribution in [2.45, 2.75) is 23.6 Å². The van der Waals surface area contributed by atoms with Crippen molar-refractivity contribution in [3.05, 3.63) is 45.4 Å². The molecule has 0 saturated carbocycles.